The van der Waals surface area contributed by atoms with Gasteiger partial charge >= 0.3 is 0 Å². The van der Waals surface area contributed by atoms with E-state index >= 15 is 0 Å². The molecule has 0 atom stereocenters. The number of carbonyl (C=O) groups is 2. The predicted molar refractivity (Wildman–Crippen MR) is 81.5 cm³/mol. The molecule has 1 aliphatic rings. The van der Waals surface area contributed by atoms with Gasteiger partial charge in [0.1, 0.15) is 0 Å². The van der Waals surface area contributed by atoms with Crippen molar-refractivity contribution in [2.45, 2.75) is 6.92 Å². The van der Waals surface area contributed by atoms with Crippen molar-refractivity contribution in [3.63, 3.8) is 0 Å². The van der Waals surface area contributed by atoms with Crippen LogP contribution >= 0.6 is 27.5 Å². The van der Waals surface area contributed by atoms with Crippen LogP contribution in [0.15, 0.2) is 40.9 Å². The molecule has 20 heavy (non-hydrogen) atoms. The fourth-order valence-electron chi connectivity index (χ4n) is 2.22. The monoisotopic (exact) mass is 349 g/mol. The fourth-order valence-corrected chi connectivity index (χ4v) is 2.69. The van der Waals surface area contributed by atoms with Crippen molar-refractivity contribution < 1.29 is 9.59 Å². The lowest BCUT2D eigenvalue weighted by atomic mass is 10.1. The molecule has 3 nitrogen and oxygen atoms in total. The summed E-state index contributed by atoms with van der Waals surface area (Å²) in [7, 11) is 0. The summed E-state index contributed by atoms with van der Waals surface area (Å²) in [6.45, 7) is 1.83. The van der Waals surface area contributed by atoms with E-state index in [2.05, 4.69) is 15.9 Å². The molecule has 1 aliphatic heterocycles. The molecule has 2 aromatic carbocycles. The molecule has 0 bridgehead atoms. The van der Waals surface area contributed by atoms with Crippen molar-refractivity contribution in [3.05, 3.63) is 62.6 Å². The summed E-state index contributed by atoms with van der Waals surface area (Å²) in [6, 6.07) is 10.2. The molecule has 0 unspecified atom stereocenters. The third-order valence-corrected chi connectivity index (χ3v) is 4.17. The second-order valence-electron chi connectivity index (χ2n) is 4.57. The number of amides is 2. The van der Waals surface area contributed by atoms with Crippen LogP contribution in [0.4, 0.5) is 5.69 Å². The van der Waals surface area contributed by atoms with Gasteiger partial charge in [0.15, 0.2) is 0 Å². The van der Waals surface area contributed by atoms with Crippen molar-refractivity contribution in [3.8, 4) is 0 Å². The number of imide groups is 1. The molecule has 0 fully saturated rings. The van der Waals surface area contributed by atoms with Gasteiger partial charge < -0.3 is 0 Å². The lowest BCUT2D eigenvalue weighted by molar-refractivity contribution is 0.0926. The Labute approximate surface area is 129 Å². The Morgan fingerprint density at radius 3 is 2.40 bits per heavy atom. The first-order valence-electron chi connectivity index (χ1n) is 5.93. The molecule has 0 radical (unpaired) electrons. The van der Waals surface area contributed by atoms with Crippen LogP contribution in [-0.4, -0.2) is 11.8 Å². The third kappa shape index (κ3) is 1.96. The minimum absolute atomic E-state index is 0.306. The second-order valence-corrected chi connectivity index (χ2v) is 5.89. The van der Waals surface area contributed by atoms with Crippen molar-refractivity contribution >= 4 is 45.0 Å². The molecular weight excluding hydrogens is 342 g/mol. The summed E-state index contributed by atoms with van der Waals surface area (Å²) in [6.07, 6.45) is 0. The minimum atomic E-state index is -0.312. The van der Waals surface area contributed by atoms with Crippen molar-refractivity contribution in [1.82, 2.24) is 0 Å². The van der Waals surface area contributed by atoms with Crippen LogP contribution in [0.5, 0.6) is 0 Å². The number of hydrogen-bond acceptors (Lipinski definition) is 2. The standard InChI is InChI=1S/C15H9BrClNO2/c1-8-6-10(3-5-13(8)17)18-14(19)11-4-2-9(16)7-12(11)15(18)20/h2-7H,1H3. The van der Waals surface area contributed by atoms with Gasteiger partial charge in [0.2, 0.25) is 0 Å². The van der Waals surface area contributed by atoms with E-state index in [1.807, 2.05) is 6.92 Å². The van der Waals surface area contributed by atoms with Gasteiger partial charge in [0.25, 0.3) is 11.8 Å². The number of benzene rings is 2. The highest BCUT2D eigenvalue weighted by Crippen LogP contribution is 2.31. The first kappa shape index (κ1) is 13.3. The molecular formula is C15H9BrClNO2. The van der Waals surface area contributed by atoms with E-state index in [0.29, 0.717) is 21.8 Å². The van der Waals surface area contributed by atoms with Crippen LogP contribution in [0.2, 0.25) is 5.02 Å². The Kier molecular flexibility index (Phi) is 3.15. The van der Waals surface area contributed by atoms with Crippen molar-refractivity contribution in [2.75, 3.05) is 4.90 Å². The molecule has 0 saturated heterocycles. The number of nitrogens with zero attached hydrogens (tertiary/aromatic N) is 1. The summed E-state index contributed by atoms with van der Waals surface area (Å²) in [5.41, 5.74) is 2.19. The topological polar surface area (TPSA) is 37.4 Å². The molecule has 5 heteroatoms. The SMILES string of the molecule is Cc1cc(N2C(=O)c3ccc(Br)cc3C2=O)ccc1Cl. The van der Waals surface area contributed by atoms with Crippen LogP contribution in [0.25, 0.3) is 0 Å². The maximum Gasteiger partial charge on any atom is 0.266 e. The smallest absolute Gasteiger partial charge is 0.266 e. The number of carbonyl (C=O) groups excluding carboxylic acids is 2. The summed E-state index contributed by atoms with van der Waals surface area (Å²) >= 11 is 9.29. The predicted octanol–water partition coefficient (Wildman–Crippen LogP) is 4.21. The number of aryl methyl sites for hydroxylation is 1. The zero-order chi connectivity index (χ0) is 14.4. The third-order valence-electron chi connectivity index (χ3n) is 3.25. The van der Waals surface area contributed by atoms with Crippen LogP contribution in [0.3, 0.4) is 0 Å². The second kappa shape index (κ2) is 4.72. The van der Waals surface area contributed by atoms with Crippen molar-refractivity contribution in [1.29, 1.82) is 0 Å². The van der Waals surface area contributed by atoms with Gasteiger partial charge in [-0.15, -0.1) is 0 Å². The summed E-state index contributed by atoms with van der Waals surface area (Å²) in [5, 5.41) is 0.605. The van der Waals surface area contributed by atoms with Gasteiger partial charge in [0.05, 0.1) is 16.8 Å². The van der Waals surface area contributed by atoms with Crippen LogP contribution in [0, 0.1) is 6.92 Å². The van der Waals surface area contributed by atoms with Crippen LogP contribution < -0.4 is 4.90 Å². The molecule has 100 valence electrons. The largest absolute Gasteiger partial charge is 0.268 e. The molecule has 0 aliphatic carbocycles. The molecule has 0 aromatic heterocycles. The maximum absolute atomic E-state index is 12.4. The first-order chi connectivity index (χ1) is 9.49. The molecule has 0 N–H and O–H groups in total. The Balaban J connectivity index is 2.11. The Hall–Kier alpha value is -1.65. The Morgan fingerprint density at radius 1 is 1.00 bits per heavy atom. The summed E-state index contributed by atoms with van der Waals surface area (Å²) < 4.78 is 0.770. The average molecular weight is 351 g/mol. The molecule has 2 aromatic rings. The highest BCUT2D eigenvalue weighted by atomic mass is 79.9. The first-order valence-corrected chi connectivity index (χ1v) is 7.10. The van der Waals surface area contributed by atoms with E-state index in [1.54, 1.807) is 36.4 Å². The zero-order valence-electron chi connectivity index (χ0n) is 10.5. The van der Waals surface area contributed by atoms with E-state index in [9.17, 15) is 9.59 Å². The summed E-state index contributed by atoms with van der Waals surface area (Å²) in [5.74, 6) is -0.618. The molecule has 0 saturated carbocycles. The van der Waals surface area contributed by atoms with Gasteiger partial charge in [-0.1, -0.05) is 27.5 Å². The lowest BCUT2D eigenvalue weighted by Crippen LogP contribution is -2.29. The van der Waals surface area contributed by atoms with E-state index < -0.39 is 0 Å². The van der Waals surface area contributed by atoms with E-state index in [-0.39, 0.29) is 11.8 Å². The lowest BCUT2D eigenvalue weighted by Gasteiger charge is -2.14. The molecule has 2 amide bonds. The van der Waals surface area contributed by atoms with Gasteiger partial charge in [-0.3, -0.25) is 9.59 Å². The molecule has 1 heterocycles. The quantitative estimate of drug-likeness (QED) is 0.722. The average Bonchev–Trinajstić information content (AvgIpc) is 2.65. The molecule has 3 rings (SSSR count). The van der Waals surface area contributed by atoms with Gasteiger partial charge in [-0.05, 0) is 48.9 Å². The van der Waals surface area contributed by atoms with E-state index in [1.165, 1.54) is 4.90 Å². The number of anilines is 1. The highest BCUT2D eigenvalue weighted by Gasteiger charge is 2.36. The number of rotatable bonds is 1. The van der Waals surface area contributed by atoms with E-state index in [4.69, 9.17) is 11.6 Å². The minimum Gasteiger partial charge on any atom is -0.268 e. The zero-order valence-corrected chi connectivity index (χ0v) is 12.8. The van der Waals surface area contributed by atoms with Crippen molar-refractivity contribution in [2.24, 2.45) is 0 Å². The van der Waals surface area contributed by atoms with Gasteiger partial charge in [0, 0.05) is 9.50 Å². The Morgan fingerprint density at radius 2 is 1.70 bits per heavy atom. The fraction of sp³-hybridized carbons (Fsp3) is 0.0667. The van der Waals surface area contributed by atoms with Gasteiger partial charge in [-0.2, -0.15) is 0 Å². The Bertz CT molecular complexity index is 758. The van der Waals surface area contributed by atoms with Crippen LogP contribution in [-0.2, 0) is 0 Å². The highest BCUT2D eigenvalue weighted by molar-refractivity contribution is 9.10. The number of fused-ring (bicyclic) bond motifs is 1. The molecule has 0 spiro atoms. The number of halogens is 2. The number of hydrogen-bond donors (Lipinski definition) is 0. The van der Waals surface area contributed by atoms with Crippen LogP contribution in [0.1, 0.15) is 26.3 Å². The summed E-state index contributed by atoms with van der Waals surface area (Å²) in [4.78, 5) is 26.0. The van der Waals surface area contributed by atoms with Gasteiger partial charge in [-0.25, -0.2) is 4.90 Å². The normalized spacial score (nSPS) is 13.8. The van der Waals surface area contributed by atoms with E-state index in [0.717, 1.165) is 10.0 Å². The maximum atomic E-state index is 12.4.